The Morgan fingerprint density at radius 1 is 1.10 bits per heavy atom. The molecule has 30 heavy (non-hydrogen) atoms. The fourth-order valence-electron chi connectivity index (χ4n) is 2.93. The van der Waals surface area contributed by atoms with E-state index in [0.717, 1.165) is 24.0 Å². The van der Waals surface area contributed by atoms with Crippen LogP contribution in [-0.2, 0) is 16.9 Å². The third-order valence-electron chi connectivity index (χ3n) is 4.41. The maximum atomic E-state index is 9.86. The molecule has 0 unspecified atom stereocenters. The first kappa shape index (κ1) is 21.3. The maximum absolute atomic E-state index is 9.86. The van der Waals surface area contributed by atoms with Gasteiger partial charge in [-0.15, -0.1) is 11.8 Å². The summed E-state index contributed by atoms with van der Waals surface area (Å²) in [6, 6.07) is 11.8. The number of pyridine rings is 3. The average molecular weight is 417 g/mol. The van der Waals surface area contributed by atoms with Gasteiger partial charge in [-0.05, 0) is 36.1 Å². The fraction of sp³-hybridized carbons (Fsp3) is 0.227. The molecule has 8 heteroatoms. The first-order chi connectivity index (χ1) is 14.7. The minimum Gasteiger partial charge on any atom is -0.385 e. The molecular formula is C22H20N6OS. The number of hydrogen-bond donors (Lipinski definition) is 1. The summed E-state index contributed by atoms with van der Waals surface area (Å²) >= 11 is 1.38. The standard InChI is InChI=1S/C22H20N6OS/c1-29-9-3-5-15-6-7-19(27-13-15)20-17(10-23)21(25)28-22(18(20)11-24)30-14-16-4-2-8-26-12-16/h2,4,6-8,12-13H,3,5,9,14H2,1H3,(H2,25,28). The van der Waals surface area contributed by atoms with Crippen LogP contribution in [0.4, 0.5) is 5.82 Å². The summed E-state index contributed by atoms with van der Waals surface area (Å²) in [5.41, 5.74) is 9.53. The molecule has 0 aliphatic rings. The molecule has 3 rings (SSSR count). The van der Waals surface area contributed by atoms with Gasteiger partial charge < -0.3 is 10.5 Å². The van der Waals surface area contributed by atoms with E-state index >= 15 is 0 Å². The van der Waals surface area contributed by atoms with Crippen LogP contribution in [0.15, 0.2) is 47.9 Å². The molecule has 7 nitrogen and oxygen atoms in total. The number of hydrogen-bond acceptors (Lipinski definition) is 8. The summed E-state index contributed by atoms with van der Waals surface area (Å²) in [7, 11) is 1.67. The fourth-order valence-corrected chi connectivity index (χ4v) is 3.86. The molecule has 3 aromatic heterocycles. The number of nitrogens with zero attached hydrogens (tertiary/aromatic N) is 5. The average Bonchev–Trinajstić information content (AvgIpc) is 2.78. The molecular weight excluding hydrogens is 396 g/mol. The molecule has 0 aliphatic carbocycles. The summed E-state index contributed by atoms with van der Waals surface area (Å²) in [6.07, 6.45) is 6.95. The number of anilines is 1. The predicted molar refractivity (Wildman–Crippen MR) is 115 cm³/mol. The van der Waals surface area contributed by atoms with E-state index in [-0.39, 0.29) is 11.4 Å². The molecule has 0 spiro atoms. The van der Waals surface area contributed by atoms with Crippen molar-refractivity contribution in [3.8, 4) is 23.4 Å². The Hall–Kier alpha value is -3.46. The van der Waals surface area contributed by atoms with E-state index in [1.165, 1.54) is 11.8 Å². The van der Waals surface area contributed by atoms with Gasteiger partial charge in [-0.1, -0.05) is 12.1 Å². The second-order valence-electron chi connectivity index (χ2n) is 6.45. The molecule has 0 saturated heterocycles. The number of ether oxygens (including phenoxy) is 1. The van der Waals surface area contributed by atoms with Crippen LogP contribution >= 0.6 is 11.8 Å². The molecule has 3 heterocycles. The van der Waals surface area contributed by atoms with Crippen molar-refractivity contribution in [3.05, 3.63) is 65.1 Å². The summed E-state index contributed by atoms with van der Waals surface area (Å²) < 4.78 is 5.08. The normalized spacial score (nSPS) is 10.4. The molecule has 0 saturated carbocycles. The van der Waals surface area contributed by atoms with Gasteiger partial charge in [0.05, 0.1) is 11.3 Å². The van der Waals surface area contributed by atoms with Crippen LogP contribution in [0.1, 0.15) is 28.7 Å². The van der Waals surface area contributed by atoms with Crippen LogP contribution in [0.5, 0.6) is 0 Å². The first-order valence-corrected chi connectivity index (χ1v) is 10.3. The molecule has 0 radical (unpaired) electrons. The van der Waals surface area contributed by atoms with Gasteiger partial charge in [0, 0.05) is 43.6 Å². The van der Waals surface area contributed by atoms with E-state index in [2.05, 4.69) is 27.1 Å². The quantitative estimate of drug-likeness (QED) is 0.435. The van der Waals surface area contributed by atoms with Crippen LogP contribution in [0, 0.1) is 22.7 Å². The largest absolute Gasteiger partial charge is 0.385 e. The minimum atomic E-state index is 0.0890. The lowest BCUT2D eigenvalue weighted by atomic mass is 10.00. The third-order valence-corrected chi connectivity index (χ3v) is 5.46. The zero-order valence-electron chi connectivity index (χ0n) is 16.5. The molecule has 2 N–H and O–H groups in total. The van der Waals surface area contributed by atoms with E-state index in [4.69, 9.17) is 10.5 Å². The highest BCUT2D eigenvalue weighted by molar-refractivity contribution is 7.98. The van der Waals surface area contributed by atoms with Crippen LogP contribution in [0.3, 0.4) is 0 Å². The zero-order valence-corrected chi connectivity index (χ0v) is 17.3. The van der Waals surface area contributed by atoms with Crippen LogP contribution in [-0.4, -0.2) is 28.7 Å². The highest BCUT2D eigenvalue weighted by atomic mass is 32.2. The maximum Gasteiger partial charge on any atom is 0.143 e. The van der Waals surface area contributed by atoms with Crippen LogP contribution in [0.25, 0.3) is 11.3 Å². The van der Waals surface area contributed by atoms with Crippen molar-refractivity contribution in [2.24, 2.45) is 0 Å². The SMILES string of the molecule is COCCCc1ccc(-c2c(C#N)c(N)nc(SCc3cccnc3)c2C#N)nc1. The summed E-state index contributed by atoms with van der Waals surface area (Å²) in [4.78, 5) is 12.9. The smallest absolute Gasteiger partial charge is 0.143 e. The monoisotopic (exact) mass is 416 g/mol. The second kappa shape index (κ2) is 10.4. The molecule has 150 valence electrons. The van der Waals surface area contributed by atoms with Crippen molar-refractivity contribution in [3.63, 3.8) is 0 Å². The van der Waals surface area contributed by atoms with Gasteiger partial charge in [-0.25, -0.2) is 4.98 Å². The van der Waals surface area contributed by atoms with Crippen LogP contribution < -0.4 is 5.73 Å². The highest BCUT2D eigenvalue weighted by Gasteiger charge is 2.21. The number of nitrogens with two attached hydrogens (primary N) is 1. The molecule has 0 aromatic carbocycles. The third kappa shape index (κ3) is 4.93. The lowest BCUT2D eigenvalue weighted by molar-refractivity contribution is 0.195. The van der Waals surface area contributed by atoms with Gasteiger partial charge >= 0.3 is 0 Å². The zero-order chi connectivity index (χ0) is 21.3. The molecule has 3 aromatic rings. The number of nitriles is 2. The lowest BCUT2D eigenvalue weighted by Crippen LogP contribution is -2.04. The van der Waals surface area contributed by atoms with Crippen molar-refractivity contribution >= 4 is 17.6 Å². The Balaban J connectivity index is 1.97. The highest BCUT2D eigenvalue weighted by Crippen LogP contribution is 2.35. The number of methoxy groups -OCH3 is 1. The van der Waals surface area contributed by atoms with Gasteiger partial charge in [0.15, 0.2) is 0 Å². The Morgan fingerprint density at radius 3 is 2.57 bits per heavy atom. The van der Waals surface area contributed by atoms with Gasteiger partial charge in [0.25, 0.3) is 0 Å². The second-order valence-corrected chi connectivity index (χ2v) is 7.41. The van der Waals surface area contributed by atoms with Gasteiger partial charge in [-0.2, -0.15) is 10.5 Å². The van der Waals surface area contributed by atoms with Gasteiger partial charge in [0.1, 0.15) is 28.5 Å². The minimum absolute atomic E-state index is 0.0890. The van der Waals surface area contributed by atoms with Crippen molar-refractivity contribution in [1.29, 1.82) is 10.5 Å². The van der Waals surface area contributed by atoms with Crippen molar-refractivity contribution in [1.82, 2.24) is 15.0 Å². The molecule has 0 amide bonds. The number of aromatic nitrogens is 3. The Bertz CT molecular complexity index is 1090. The van der Waals surface area contributed by atoms with E-state index < -0.39 is 0 Å². The van der Waals surface area contributed by atoms with E-state index in [0.29, 0.717) is 34.2 Å². The summed E-state index contributed by atoms with van der Waals surface area (Å²) in [5.74, 6) is 0.665. The van der Waals surface area contributed by atoms with Gasteiger partial charge in [-0.3, -0.25) is 9.97 Å². The molecule has 0 fully saturated rings. The summed E-state index contributed by atoms with van der Waals surface area (Å²) in [6.45, 7) is 0.678. The molecule has 0 bridgehead atoms. The van der Waals surface area contributed by atoms with Crippen molar-refractivity contribution < 1.29 is 4.74 Å². The number of rotatable bonds is 8. The molecule has 0 aliphatic heterocycles. The Morgan fingerprint density at radius 2 is 1.93 bits per heavy atom. The van der Waals surface area contributed by atoms with Gasteiger partial charge in [0.2, 0.25) is 0 Å². The Labute approximate surface area is 179 Å². The van der Waals surface area contributed by atoms with E-state index in [1.54, 1.807) is 25.7 Å². The first-order valence-electron chi connectivity index (χ1n) is 9.27. The molecule has 0 atom stereocenters. The number of nitrogen functional groups attached to an aromatic ring is 1. The van der Waals surface area contributed by atoms with E-state index in [9.17, 15) is 10.5 Å². The summed E-state index contributed by atoms with van der Waals surface area (Å²) in [5, 5.41) is 20.0. The predicted octanol–water partition coefficient (Wildman–Crippen LogP) is 3.74. The van der Waals surface area contributed by atoms with Crippen molar-refractivity contribution in [2.75, 3.05) is 19.5 Å². The topological polar surface area (TPSA) is 121 Å². The lowest BCUT2D eigenvalue weighted by Gasteiger charge is -2.13. The number of thioether (sulfide) groups is 1. The number of aryl methyl sites for hydroxylation is 1. The Kier molecular flexibility index (Phi) is 7.34. The van der Waals surface area contributed by atoms with Crippen molar-refractivity contribution in [2.45, 2.75) is 23.6 Å². The van der Waals surface area contributed by atoms with Crippen LogP contribution in [0.2, 0.25) is 0 Å². The van der Waals surface area contributed by atoms with E-state index in [1.807, 2.05) is 24.3 Å².